The molecule has 0 fully saturated rings. The van der Waals surface area contributed by atoms with Crippen LogP contribution in [-0.4, -0.2) is 27.9 Å². The summed E-state index contributed by atoms with van der Waals surface area (Å²) in [6.07, 6.45) is 0. The summed E-state index contributed by atoms with van der Waals surface area (Å²) in [5.41, 5.74) is 6.47. The van der Waals surface area contributed by atoms with Gasteiger partial charge in [0.15, 0.2) is 5.84 Å². The maximum Gasteiger partial charge on any atom is 0.335 e. The minimum absolute atomic E-state index is 0.0150. The van der Waals surface area contributed by atoms with Crippen molar-refractivity contribution in [1.29, 1.82) is 5.41 Å². The molecule has 0 spiro atoms. The lowest BCUT2D eigenvalue weighted by Gasteiger charge is -2.05. The van der Waals surface area contributed by atoms with E-state index in [9.17, 15) is 9.90 Å². The van der Waals surface area contributed by atoms with E-state index in [0.29, 0.717) is 11.1 Å². The predicted molar refractivity (Wildman–Crippen MR) is 79.1 cm³/mol. The van der Waals surface area contributed by atoms with Crippen molar-refractivity contribution in [2.75, 3.05) is 0 Å². The molecule has 0 atom stereocenters. The van der Waals surface area contributed by atoms with Crippen LogP contribution in [0.3, 0.4) is 0 Å². The van der Waals surface area contributed by atoms with Gasteiger partial charge in [0, 0.05) is 5.56 Å². The number of aliphatic imine (C=N–C) groups is 1. The lowest BCUT2D eigenvalue weighted by atomic mass is 10.1. The molecular weight excluding hydrogens is 270 g/mol. The van der Waals surface area contributed by atoms with Crippen molar-refractivity contribution < 1.29 is 15.0 Å². The number of aromatic hydroxyl groups is 1. The summed E-state index contributed by atoms with van der Waals surface area (Å²) in [5.74, 6) is -1.31. The van der Waals surface area contributed by atoms with Crippen LogP contribution >= 0.6 is 0 Å². The van der Waals surface area contributed by atoms with Crippen LogP contribution in [-0.2, 0) is 0 Å². The predicted octanol–water partition coefficient (Wildman–Crippen LogP) is 1.82. The summed E-state index contributed by atoms with van der Waals surface area (Å²) in [6, 6.07) is 12.2. The number of para-hydroxylation sites is 1. The van der Waals surface area contributed by atoms with Gasteiger partial charge in [-0.3, -0.25) is 5.41 Å². The molecule has 6 heteroatoms. The summed E-state index contributed by atoms with van der Waals surface area (Å²) in [7, 11) is 0. The van der Waals surface area contributed by atoms with E-state index in [1.54, 1.807) is 24.3 Å². The highest BCUT2D eigenvalue weighted by molar-refractivity contribution is 6.11. The molecule has 0 aliphatic heterocycles. The van der Waals surface area contributed by atoms with Crippen LogP contribution in [0.2, 0.25) is 0 Å². The molecule has 0 aromatic heterocycles. The van der Waals surface area contributed by atoms with E-state index in [-0.39, 0.29) is 23.0 Å². The van der Waals surface area contributed by atoms with Gasteiger partial charge in [0.05, 0.1) is 11.1 Å². The number of phenols is 1. The first-order chi connectivity index (χ1) is 9.99. The average Bonchev–Trinajstić information content (AvgIpc) is 2.47. The van der Waals surface area contributed by atoms with Crippen LogP contribution in [0.5, 0.6) is 5.75 Å². The summed E-state index contributed by atoms with van der Waals surface area (Å²) in [4.78, 5) is 14.8. The van der Waals surface area contributed by atoms with Gasteiger partial charge >= 0.3 is 5.97 Å². The van der Waals surface area contributed by atoms with Crippen LogP contribution in [0.25, 0.3) is 0 Å². The van der Waals surface area contributed by atoms with Crippen molar-refractivity contribution in [1.82, 2.24) is 0 Å². The van der Waals surface area contributed by atoms with Gasteiger partial charge in [0.25, 0.3) is 0 Å². The Balaban J connectivity index is 2.33. The van der Waals surface area contributed by atoms with Crippen LogP contribution in [0.4, 0.5) is 0 Å². The monoisotopic (exact) mass is 283 g/mol. The maximum absolute atomic E-state index is 10.9. The number of aromatic carboxylic acids is 1. The quantitative estimate of drug-likeness (QED) is 0.507. The molecular formula is C15H13N3O3. The first kappa shape index (κ1) is 14.3. The Labute approximate surface area is 120 Å². The average molecular weight is 283 g/mol. The Hall–Kier alpha value is -3.15. The molecule has 2 aromatic rings. The first-order valence-electron chi connectivity index (χ1n) is 6.04. The summed E-state index contributed by atoms with van der Waals surface area (Å²) in [6.45, 7) is 0. The molecule has 106 valence electrons. The fourth-order valence-electron chi connectivity index (χ4n) is 1.73. The highest BCUT2D eigenvalue weighted by atomic mass is 16.4. The Morgan fingerprint density at radius 1 is 1.10 bits per heavy atom. The van der Waals surface area contributed by atoms with Crippen molar-refractivity contribution >= 4 is 17.6 Å². The molecule has 21 heavy (non-hydrogen) atoms. The molecule has 0 aliphatic rings. The number of phenolic OH excluding ortho intramolecular Hbond substituents is 1. The van der Waals surface area contributed by atoms with E-state index in [0.717, 1.165) is 0 Å². The number of nitrogens with one attached hydrogen (secondary N) is 1. The van der Waals surface area contributed by atoms with Gasteiger partial charge in [-0.15, -0.1) is 0 Å². The van der Waals surface area contributed by atoms with E-state index in [1.807, 2.05) is 0 Å². The number of nitrogens with zero attached hydrogens (tertiary/aromatic N) is 1. The van der Waals surface area contributed by atoms with Crippen molar-refractivity contribution in [3.63, 3.8) is 0 Å². The molecule has 0 amide bonds. The van der Waals surface area contributed by atoms with Crippen molar-refractivity contribution in [3.05, 3.63) is 65.2 Å². The zero-order valence-corrected chi connectivity index (χ0v) is 10.9. The minimum atomic E-state index is -1.08. The van der Waals surface area contributed by atoms with Gasteiger partial charge in [0.2, 0.25) is 0 Å². The largest absolute Gasteiger partial charge is 0.507 e. The highest BCUT2D eigenvalue weighted by Crippen LogP contribution is 2.15. The van der Waals surface area contributed by atoms with Crippen LogP contribution in [0.1, 0.15) is 21.5 Å². The third-order valence-corrected chi connectivity index (χ3v) is 2.80. The molecule has 0 aliphatic carbocycles. The second-order valence-corrected chi connectivity index (χ2v) is 4.25. The van der Waals surface area contributed by atoms with E-state index in [1.165, 1.54) is 24.3 Å². The summed E-state index contributed by atoms with van der Waals surface area (Å²) in [5, 5.41) is 26.5. The SMILES string of the molecule is N=C(N=C(N)c1ccccc1O)c1cccc(C(=O)O)c1. The number of carboxylic acids is 1. The molecule has 0 bridgehead atoms. The van der Waals surface area contributed by atoms with Gasteiger partial charge in [-0.1, -0.05) is 24.3 Å². The zero-order valence-electron chi connectivity index (χ0n) is 10.9. The summed E-state index contributed by atoms with van der Waals surface area (Å²) >= 11 is 0. The Morgan fingerprint density at radius 3 is 2.43 bits per heavy atom. The van der Waals surface area contributed by atoms with Gasteiger partial charge in [-0.05, 0) is 24.3 Å². The third kappa shape index (κ3) is 3.24. The molecule has 0 saturated carbocycles. The second kappa shape index (κ2) is 5.87. The number of benzene rings is 2. The highest BCUT2D eigenvalue weighted by Gasteiger charge is 2.09. The van der Waals surface area contributed by atoms with Crippen molar-refractivity contribution in [3.8, 4) is 5.75 Å². The molecule has 0 radical (unpaired) electrons. The molecule has 0 unspecified atom stereocenters. The number of hydrogen-bond acceptors (Lipinski definition) is 3. The Bertz CT molecular complexity index is 738. The first-order valence-corrected chi connectivity index (χ1v) is 6.04. The number of nitrogens with two attached hydrogens (primary N) is 1. The molecule has 0 heterocycles. The Morgan fingerprint density at radius 2 is 1.76 bits per heavy atom. The topological polar surface area (TPSA) is 120 Å². The Kier molecular flexibility index (Phi) is 3.99. The van der Waals surface area contributed by atoms with Crippen molar-refractivity contribution in [2.24, 2.45) is 10.7 Å². The standard InChI is InChI=1S/C15H13N3O3/c16-13(9-4-3-5-10(8-9)15(20)21)18-14(17)11-6-1-2-7-12(11)19/h1-8,19H,(H,20,21)(H3,16,17,18). The van der Waals surface area contributed by atoms with Crippen LogP contribution in [0, 0.1) is 5.41 Å². The van der Waals surface area contributed by atoms with E-state index < -0.39 is 5.97 Å². The third-order valence-electron chi connectivity index (χ3n) is 2.80. The lowest BCUT2D eigenvalue weighted by Crippen LogP contribution is -2.16. The smallest absolute Gasteiger partial charge is 0.335 e. The second-order valence-electron chi connectivity index (χ2n) is 4.25. The van der Waals surface area contributed by atoms with Gasteiger partial charge < -0.3 is 15.9 Å². The molecule has 2 aromatic carbocycles. The molecule has 6 nitrogen and oxygen atoms in total. The van der Waals surface area contributed by atoms with Gasteiger partial charge in [-0.2, -0.15) is 0 Å². The number of carboxylic acid groups (broad SMARTS) is 1. The van der Waals surface area contributed by atoms with Gasteiger partial charge in [0.1, 0.15) is 11.6 Å². The van der Waals surface area contributed by atoms with Crippen molar-refractivity contribution in [2.45, 2.75) is 0 Å². The lowest BCUT2D eigenvalue weighted by molar-refractivity contribution is 0.0697. The normalized spacial score (nSPS) is 11.1. The molecule has 5 N–H and O–H groups in total. The minimum Gasteiger partial charge on any atom is -0.507 e. The fraction of sp³-hybridized carbons (Fsp3) is 0. The number of amidine groups is 2. The summed E-state index contributed by atoms with van der Waals surface area (Å²) < 4.78 is 0. The number of carbonyl (C=O) groups is 1. The van der Waals surface area contributed by atoms with Crippen LogP contribution in [0.15, 0.2) is 53.5 Å². The number of hydrogen-bond donors (Lipinski definition) is 4. The van der Waals surface area contributed by atoms with E-state index in [2.05, 4.69) is 4.99 Å². The van der Waals surface area contributed by atoms with E-state index in [4.69, 9.17) is 16.2 Å². The van der Waals surface area contributed by atoms with Crippen LogP contribution < -0.4 is 5.73 Å². The fourth-order valence-corrected chi connectivity index (χ4v) is 1.73. The molecule has 2 rings (SSSR count). The molecule has 0 saturated heterocycles. The maximum atomic E-state index is 10.9. The van der Waals surface area contributed by atoms with Gasteiger partial charge in [-0.25, -0.2) is 9.79 Å². The number of rotatable bonds is 3. The van der Waals surface area contributed by atoms with E-state index >= 15 is 0 Å². The zero-order chi connectivity index (χ0) is 15.4.